The Balaban J connectivity index is 1.88. The molecule has 0 saturated heterocycles. The van der Waals surface area contributed by atoms with E-state index in [1.54, 1.807) is 0 Å². The van der Waals surface area contributed by atoms with Crippen molar-refractivity contribution in [3.05, 3.63) is 29.3 Å². The Labute approximate surface area is 120 Å². The molecular formula is C17H23NO2. The molecule has 2 N–H and O–H groups in total. The maximum absolute atomic E-state index is 11.9. The van der Waals surface area contributed by atoms with E-state index in [0.717, 1.165) is 43.1 Å². The molecule has 1 saturated carbocycles. The second kappa shape index (κ2) is 5.47. The first-order valence-electron chi connectivity index (χ1n) is 7.70. The summed E-state index contributed by atoms with van der Waals surface area (Å²) in [6.45, 7) is 3.02. The summed E-state index contributed by atoms with van der Waals surface area (Å²) in [5, 5.41) is 0. The monoisotopic (exact) mass is 273 g/mol. The minimum absolute atomic E-state index is 0.165. The number of ether oxygens (including phenoxy) is 1. The zero-order valence-electron chi connectivity index (χ0n) is 12.1. The van der Waals surface area contributed by atoms with E-state index in [1.807, 2.05) is 12.1 Å². The molecular weight excluding hydrogens is 250 g/mol. The summed E-state index contributed by atoms with van der Waals surface area (Å²) in [5.74, 6) is 1.96. The number of carbonyl (C=O) groups is 1. The van der Waals surface area contributed by atoms with Crippen LogP contribution < -0.4 is 10.5 Å². The molecule has 0 spiro atoms. The molecule has 2 aliphatic rings. The topological polar surface area (TPSA) is 52.3 Å². The van der Waals surface area contributed by atoms with E-state index in [-0.39, 0.29) is 11.8 Å². The van der Waals surface area contributed by atoms with Crippen LogP contribution in [0.15, 0.2) is 18.2 Å². The molecule has 3 nitrogen and oxygen atoms in total. The van der Waals surface area contributed by atoms with Crippen molar-refractivity contribution < 1.29 is 9.53 Å². The Morgan fingerprint density at radius 3 is 2.95 bits per heavy atom. The Bertz CT molecular complexity index is 508. The quantitative estimate of drug-likeness (QED) is 0.896. The Morgan fingerprint density at radius 1 is 1.45 bits per heavy atom. The maximum atomic E-state index is 11.9. The highest BCUT2D eigenvalue weighted by atomic mass is 16.5. The number of amides is 1. The summed E-state index contributed by atoms with van der Waals surface area (Å²) in [6.07, 6.45) is 5.50. The SMILES string of the molecule is CC(CC(C(N)=O)c1cccc2c1CCCO2)C1CC1. The van der Waals surface area contributed by atoms with Crippen molar-refractivity contribution in [3.8, 4) is 5.75 Å². The van der Waals surface area contributed by atoms with Gasteiger partial charge in [-0.3, -0.25) is 4.79 Å². The van der Waals surface area contributed by atoms with E-state index >= 15 is 0 Å². The van der Waals surface area contributed by atoms with E-state index < -0.39 is 0 Å². The molecule has 1 fully saturated rings. The zero-order valence-corrected chi connectivity index (χ0v) is 12.1. The molecule has 3 heteroatoms. The molecule has 1 aromatic carbocycles. The van der Waals surface area contributed by atoms with E-state index in [9.17, 15) is 4.79 Å². The van der Waals surface area contributed by atoms with Gasteiger partial charge in [0.25, 0.3) is 0 Å². The van der Waals surface area contributed by atoms with Gasteiger partial charge in [-0.05, 0) is 61.1 Å². The van der Waals surface area contributed by atoms with Crippen LogP contribution in [0.5, 0.6) is 5.75 Å². The third-order valence-electron chi connectivity index (χ3n) is 4.75. The van der Waals surface area contributed by atoms with Gasteiger partial charge in [0.2, 0.25) is 5.91 Å². The molecule has 0 radical (unpaired) electrons. The molecule has 108 valence electrons. The molecule has 2 unspecified atom stereocenters. The summed E-state index contributed by atoms with van der Waals surface area (Å²) in [7, 11) is 0. The Hall–Kier alpha value is -1.51. The number of hydrogen-bond acceptors (Lipinski definition) is 2. The number of benzene rings is 1. The number of carbonyl (C=O) groups excluding carboxylic acids is 1. The second-order valence-electron chi connectivity index (χ2n) is 6.28. The van der Waals surface area contributed by atoms with E-state index in [0.29, 0.717) is 5.92 Å². The highest BCUT2D eigenvalue weighted by Gasteiger charge is 2.33. The van der Waals surface area contributed by atoms with Crippen molar-refractivity contribution in [2.45, 2.75) is 44.9 Å². The van der Waals surface area contributed by atoms with E-state index in [4.69, 9.17) is 10.5 Å². The van der Waals surface area contributed by atoms with Gasteiger partial charge < -0.3 is 10.5 Å². The number of hydrogen-bond donors (Lipinski definition) is 1. The summed E-state index contributed by atoms with van der Waals surface area (Å²) < 4.78 is 5.71. The summed E-state index contributed by atoms with van der Waals surface area (Å²) in [5.41, 5.74) is 7.99. The zero-order chi connectivity index (χ0) is 14.1. The average molecular weight is 273 g/mol. The van der Waals surface area contributed by atoms with Gasteiger partial charge in [-0.2, -0.15) is 0 Å². The highest BCUT2D eigenvalue weighted by Crippen LogP contribution is 2.42. The lowest BCUT2D eigenvalue weighted by Crippen LogP contribution is -2.25. The average Bonchev–Trinajstić information content (AvgIpc) is 3.28. The lowest BCUT2D eigenvalue weighted by atomic mass is 9.83. The van der Waals surface area contributed by atoms with Gasteiger partial charge in [-0.25, -0.2) is 0 Å². The third-order valence-corrected chi connectivity index (χ3v) is 4.75. The number of nitrogens with two attached hydrogens (primary N) is 1. The largest absolute Gasteiger partial charge is 0.493 e. The van der Waals surface area contributed by atoms with Crippen LogP contribution in [0.1, 0.15) is 49.7 Å². The predicted molar refractivity (Wildman–Crippen MR) is 78.7 cm³/mol. The molecule has 1 aliphatic carbocycles. The minimum atomic E-state index is -0.198. The highest BCUT2D eigenvalue weighted by molar-refractivity contribution is 5.82. The number of rotatable bonds is 5. The van der Waals surface area contributed by atoms with E-state index in [1.165, 1.54) is 18.4 Å². The first kappa shape index (κ1) is 13.5. The normalized spacial score (nSPS) is 20.6. The van der Waals surface area contributed by atoms with Crippen LogP contribution in [0, 0.1) is 11.8 Å². The van der Waals surface area contributed by atoms with Crippen molar-refractivity contribution in [2.75, 3.05) is 6.61 Å². The first-order chi connectivity index (χ1) is 9.66. The molecule has 0 bridgehead atoms. The van der Waals surface area contributed by atoms with Crippen molar-refractivity contribution in [2.24, 2.45) is 17.6 Å². The fourth-order valence-corrected chi connectivity index (χ4v) is 3.37. The van der Waals surface area contributed by atoms with Gasteiger partial charge in [-0.1, -0.05) is 19.1 Å². The molecule has 0 aromatic heterocycles. The Morgan fingerprint density at radius 2 is 2.25 bits per heavy atom. The summed E-state index contributed by atoms with van der Waals surface area (Å²) >= 11 is 0. The van der Waals surface area contributed by atoms with Crippen LogP contribution >= 0.6 is 0 Å². The van der Waals surface area contributed by atoms with Crippen LogP contribution in [0.3, 0.4) is 0 Å². The first-order valence-corrected chi connectivity index (χ1v) is 7.70. The predicted octanol–water partition coefficient (Wildman–Crippen LogP) is 3.02. The molecule has 1 amide bonds. The van der Waals surface area contributed by atoms with Gasteiger partial charge in [0.1, 0.15) is 5.75 Å². The fraction of sp³-hybridized carbons (Fsp3) is 0.588. The molecule has 1 heterocycles. The van der Waals surface area contributed by atoms with Crippen LogP contribution in [-0.2, 0) is 11.2 Å². The van der Waals surface area contributed by atoms with Crippen LogP contribution in [0.2, 0.25) is 0 Å². The van der Waals surface area contributed by atoms with Gasteiger partial charge in [0, 0.05) is 0 Å². The Kier molecular flexibility index (Phi) is 3.68. The fourth-order valence-electron chi connectivity index (χ4n) is 3.37. The third kappa shape index (κ3) is 2.67. The molecule has 2 atom stereocenters. The van der Waals surface area contributed by atoms with Crippen molar-refractivity contribution in [3.63, 3.8) is 0 Å². The molecule has 1 aliphatic heterocycles. The second-order valence-corrected chi connectivity index (χ2v) is 6.28. The van der Waals surface area contributed by atoms with E-state index in [2.05, 4.69) is 13.0 Å². The lowest BCUT2D eigenvalue weighted by Gasteiger charge is -2.25. The molecule has 1 aromatic rings. The molecule has 20 heavy (non-hydrogen) atoms. The van der Waals surface area contributed by atoms with Crippen molar-refractivity contribution >= 4 is 5.91 Å². The lowest BCUT2D eigenvalue weighted by molar-refractivity contribution is -0.119. The van der Waals surface area contributed by atoms with Crippen LogP contribution in [-0.4, -0.2) is 12.5 Å². The van der Waals surface area contributed by atoms with Crippen molar-refractivity contribution in [1.29, 1.82) is 0 Å². The summed E-state index contributed by atoms with van der Waals surface area (Å²) in [4.78, 5) is 11.9. The van der Waals surface area contributed by atoms with Crippen molar-refractivity contribution in [1.82, 2.24) is 0 Å². The number of primary amides is 1. The molecule has 3 rings (SSSR count). The van der Waals surface area contributed by atoms with Gasteiger partial charge in [0.05, 0.1) is 12.5 Å². The van der Waals surface area contributed by atoms with Gasteiger partial charge >= 0.3 is 0 Å². The van der Waals surface area contributed by atoms with Crippen LogP contribution in [0.25, 0.3) is 0 Å². The minimum Gasteiger partial charge on any atom is -0.493 e. The smallest absolute Gasteiger partial charge is 0.224 e. The van der Waals surface area contributed by atoms with Gasteiger partial charge in [-0.15, -0.1) is 0 Å². The number of fused-ring (bicyclic) bond motifs is 1. The van der Waals surface area contributed by atoms with Crippen LogP contribution in [0.4, 0.5) is 0 Å². The summed E-state index contributed by atoms with van der Waals surface area (Å²) in [6, 6.07) is 6.04. The standard InChI is InChI=1S/C17H23NO2/c1-11(12-7-8-12)10-15(17(18)19)13-4-2-6-16-14(13)5-3-9-20-16/h2,4,6,11-12,15H,3,5,7-10H2,1H3,(H2,18,19). The maximum Gasteiger partial charge on any atom is 0.224 e. The van der Waals surface area contributed by atoms with Gasteiger partial charge in [0.15, 0.2) is 0 Å².